The number of ether oxygens (including phenoxy) is 1. The molecule has 1 saturated heterocycles. The average molecular weight is 409 g/mol. The van der Waals surface area contributed by atoms with E-state index in [0.717, 1.165) is 36.8 Å². The van der Waals surface area contributed by atoms with E-state index >= 15 is 0 Å². The van der Waals surface area contributed by atoms with Crippen LogP contribution in [0.5, 0.6) is 5.75 Å². The highest BCUT2D eigenvalue weighted by atomic mass is 16.5. The number of hydrogen-bond acceptors (Lipinski definition) is 7. The summed E-state index contributed by atoms with van der Waals surface area (Å²) in [6, 6.07) is 5.91. The third-order valence-corrected chi connectivity index (χ3v) is 5.40. The van der Waals surface area contributed by atoms with Crippen LogP contribution in [-0.2, 0) is 0 Å². The van der Waals surface area contributed by atoms with Crippen molar-refractivity contribution in [1.82, 2.24) is 24.5 Å². The van der Waals surface area contributed by atoms with E-state index in [-0.39, 0.29) is 5.91 Å². The number of anilines is 2. The Balaban J connectivity index is 1.51. The molecule has 9 heteroatoms. The van der Waals surface area contributed by atoms with E-state index in [4.69, 9.17) is 4.74 Å². The second kappa shape index (κ2) is 8.27. The van der Waals surface area contributed by atoms with Crippen molar-refractivity contribution >= 4 is 23.2 Å². The van der Waals surface area contributed by atoms with Crippen LogP contribution >= 0.6 is 0 Å². The van der Waals surface area contributed by atoms with Crippen LogP contribution in [0.4, 0.5) is 11.6 Å². The van der Waals surface area contributed by atoms with E-state index in [1.807, 2.05) is 30.5 Å². The Morgan fingerprint density at radius 3 is 2.80 bits per heavy atom. The number of aromatic nitrogens is 4. The third kappa shape index (κ3) is 4.06. The number of imidazole rings is 1. The molecule has 4 heterocycles. The maximum atomic E-state index is 12.9. The van der Waals surface area contributed by atoms with Crippen molar-refractivity contribution in [3.8, 4) is 5.75 Å². The van der Waals surface area contributed by atoms with Gasteiger partial charge in [0.2, 0.25) is 0 Å². The van der Waals surface area contributed by atoms with Gasteiger partial charge in [-0.1, -0.05) is 0 Å². The zero-order valence-corrected chi connectivity index (χ0v) is 17.8. The molecular formula is C21H27N7O2. The van der Waals surface area contributed by atoms with Gasteiger partial charge in [-0.15, -0.1) is 10.2 Å². The minimum atomic E-state index is -0.304. The molecular weight excluding hydrogens is 382 g/mol. The Morgan fingerprint density at radius 1 is 1.27 bits per heavy atom. The molecule has 1 N–H and O–H groups in total. The Kier molecular flexibility index (Phi) is 5.54. The van der Waals surface area contributed by atoms with Gasteiger partial charge in [-0.25, -0.2) is 4.98 Å². The lowest BCUT2D eigenvalue weighted by atomic mass is 10.2. The van der Waals surface area contributed by atoms with Gasteiger partial charge in [0, 0.05) is 44.1 Å². The lowest BCUT2D eigenvalue weighted by Crippen LogP contribution is -2.50. The molecule has 0 saturated carbocycles. The van der Waals surface area contributed by atoms with E-state index in [1.54, 1.807) is 18.3 Å². The van der Waals surface area contributed by atoms with Crippen molar-refractivity contribution in [3.05, 3.63) is 41.9 Å². The van der Waals surface area contributed by atoms with Crippen molar-refractivity contribution in [1.29, 1.82) is 0 Å². The van der Waals surface area contributed by atoms with E-state index < -0.39 is 0 Å². The van der Waals surface area contributed by atoms with Crippen LogP contribution in [-0.4, -0.2) is 69.7 Å². The van der Waals surface area contributed by atoms with Crippen molar-refractivity contribution in [2.24, 2.45) is 0 Å². The number of aryl methyl sites for hydroxylation is 1. The van der Waals surface area contributed by atoms with Gasteiger partial charge in [0.25, 0.3) is 5.91 Å². The van der Waals surface area contributed by atoms with E-state index in [9.17, 15) is 4.79 Å². The van der Waals surface area contributed by atoms with Gasteiger partial charge >= 0.3 is 0 Å². The largest absolute Gasteiger partial charge is 0.493 e. The summed E-state index contributed by atoms with van der Waals surface area (Å²) in [5, 5.41) is 11.3. The van der Waals surface area contributed by atoms with Crippen LogP contribution in [0.1, 0.15) is 29.9 Å². The van der Waals surface area contributed by atoms with Crippen molar-refractivity contribution < 1.29 is 9.53 Å². The number of rotatable bonds is 5. The van der Waals surface area contributed by atoms with Gasteiger partial charge < -0.3 is 24.3 Å². The molecule has 0 unspecified atom stereocenters. The predicted molar refractivity (Wildman–Crippen MR) is 115 cm³/mol. The molecule has 0 spiro atoms. The van der Waals surface area contributed by atoms with Gasteiger partial charge in [0.15, 0.2) is 11.6 Å². The molecule has 1 amide bonds. The lowest BCUT2D eigenvalue weighted by Gasteiger charge is -2.38. The minimum absolute atomic E-state index is 0.304. The SMILES string of the molecule is CCOc1cc2nc(C)cn2cc1C(=O)Nc1ccc(N2CCN(C)[C@@H](C)C2)nn1. The standard InChI is InChI=1S/C21H27N7O2/c1-5-30-17-10-20-22-14(2)11-28(20)13-16(17)21(29)23-18-6-7-19(25-24-18)27-9-8-26(4)15(3)12-27/h6-7,10-11,13,15H,5,8-9,12H2,1-4H3,(H,23,24,29)/t15-/m0/s1. The highest BCUT2D eigenvalue weighted by Gasteiger charge is 2.22. The molecule has 30 heavy (non-hydrogen) atoms. The first-order valence-electron chi connectivity index (χ1n) is 10.2. The molecule has 0 aromatic carbocycles. The number of fused-ring (bicyclic) bond motifs is 1. The van der Waals surface area contributed by atoms with Crippen LogP contribution in [0, 0.1) is 6.92 Å². The lowest BCUT2D eigenvalue weighted by molar-refractivity contribution is 0.102. The number of hydrogen-bond donors (Lipinski definition) is 1. The van der Waals surface area contributed by atoms with Gasteiger partial charge in [-0.05, 0) is 40.0 Å². The number of piperazine rings is 1. The maximum absolute atomic E-state index is 12.9. The summed E-state index contributed by atoms with van der Waals surface area (Å²) in [7, 11) is 2.13. The summed E-state index contributed by atoms with van der Waals surface area (Å²) in [5.41, 5.74) is 2.02. The van der Waals surface area contributed by atoms with E-state index in [1.165, 1.54) is 0 Å². The molecule has 0 radical (unpaired) electrons. The van der Waals surface area contributed by atoms with Crippen LogP contribution in [0.15, 0.2) is 30.6 Å². The van der Waals surface area contributed by atoms with Gasteiger partial charge in [0.05, 0.1) is 17.9 Å². The molecule has 1 fully saturated rings. The number of nitrogens with zero attached hydrogens (tertiary/aromatic N) is 6. The third-order valence-electron chi connectivity index (χ3n) is 5.40. The number of carbonyl (C=O) groups excluding carboxylic acids is 1. The highest BCUT2D eigenvalue weighted by molar-refractivity contribution is 6.05. The summed E-state index contributed by atoms with van der Waals surface area (Å²) >= 11 is 0. The van der Waals surface area contributed by atoms with E-state index in [2.05, 4.69) is 44.3 Å². The minimum Gasteiger partial charge on any atom is -0.493 e. The molecule has 0 aliphatic carbocycles. The van der Waals surface area contributed by atoms with Crippen LogP contribution in [0.2, 0.25) is 0 Å². The molecule has 9 nitrogen and oxygen atoms in total. The van der Waals surface area contributed by atoms with E-state index in [0.29, 0.717) is 29.8 Å². The number of likely N-dealkylation sites (N-methyl/N-ethyl adjacent to an activating group) is 1. The van der Waals surface area contributed by atoms with Crippen LogP contribution in [0.3, 0.4) is 0 Å². The fourth-order valence-electron chi connectivity index (χ4n) is 3.59. The molecule has 158 valence electrons. The number of amides is 1. The second-order valence-electron chi connectivity index (χ2n) is 7.64. The summed E-state index contributed by atoms with van der Waals surface area (Å²) in [6.45, 7) is 9.23. The molecule has 1 aliphatic heterocycles. The average Bonchev–Trinajstić information content (AvgIpc) is 3.09. The number of carbonyl (C=O) groups is 1. The van der Waals surface area contributed by atoms with Gasteiger partial charge in [-0.3, -0.25) is 4.79 Å². The highest BCUT2D eigenvalue weighted by Crippen LogP contribution is 2.23. The van der Waals surface area contributed by atoms with Crippen molar-refractivity contribution in [2.75, 3.05) is 43.5 Å². The second-order valence-corrected chi connectivity index (χ2v) is 7.64. The number of pyridine rings is 1. The monoisotopic (exact) mass is 409 g/mol. The topological polar surface area (TPSA) is 87.9 Å². The number of nitrogens with one attached hydrogen (secondary N) is 1. The van der Waals surface area contributed by atoms with Crippen molar-refractivity contribution in [3.63, 3.8) is 0 Å². The molecule has 3 aromatic heterocycles. The zero-order valence-electron chi connectivity index (χ0n) is 17.8. The smallest absolute Gasteiger partial charge is 0.262 e. The first-order valence-corrected chi connectivity index (χ1v) is 10.2. The fourth-order valence-corrected chi connectivity index (χ4v) is 3.59. The van der Waals surface area contributed by atoms with Crippen LogP contribution < -0.4 is 15.0 Å². The Hall–Kier alpha value is -3.20. The molecule has 0 bridgehead atoms. The van der Waals surface area contributed by atoms with Crippen LogP contribution in [0.25, 0.3) is 5.65 Å². The van der Waals surface area contributed by atoms with Crippen molar-refractivity contribution in [2.45, 2.75) is 26.8 Å². The summed E-state index contributed by atoms with van der Waals surface area (Å²) in [6.07, 6.45) is 3.59. The predicted octanol–water partition coefficient (Wildman–Crippen LogP) is 2.22. The Bertz CT molecular complexity index is 1050. The normalized spacial score (nSPS) is 17.3. The molecule has 4 rings (SSSR count). The quantitative estimate of drug-likeness (QED) is 0.691. The summed E-state index contributed by atoms with van der Waals surface area (Å²) < 4.78 is 7.49. The Morgan fingerprint density at radius 2 is 2.10 bits per heavy atom. The van der Waals surface area contributed by atoms with Gasteiger partial charge in [-0.2, -0.15) is 0 Å². The fraction of sp³-hybridized carbons (Fsp3) is 0.429. The zero-order chi connectivity index (χ0) is 21.3. The first kappa shape index (κ1) is 20.1. The Labute approximate surface area is 175 Å². The van der Waals surface area contributed by atoms with Gasteiger partial charge in [0.1, 0.15) is 11.4 Å². The molecule has 1 aliphatic rings. The summed E-state index contributed by atoms with van der Waals surface area (Å²) in [5.74, 6) is 1.40. The molecule has 3 aromatic rings. The molecule has 1 atom stereocenters. The maximum Gasteiger partial charge on any atom is 0.262 e. The first-order chi connectivity index (χ1) is 14.4. The summed E-state index contributed by atoms with van der Waals surface area (Å²) in [4.78, 5) is 21.9.